The van der Waals surface area contributed by atoms with E-state index in [0.717, 1.165) is 0 Å². The average molecular weight is 347 g/mol. The van der Waals surface area contributed by atoms with Crippen LogP contribution >= 0.6 is 11.8 Å². The first-order chi connectivity index (χ1) is 8.74. The van der Waals surface area contributed by atoms with Crippen molar-refractivity contribution in [2.24, 2.45) is 7.05 Å². The summed E-state index contributed by atoms with van der Waals surface area (Å²) in [4.78, 5) is 15.5. The number of imidazole rings is 1. The van der Waals surface area contributed by atoms with Crippen LogP contribution in [0.4, 0.5) is 0 Å². The van der Waals surface area contributed by atoms with Gasteiger partial charge >= 0.3 is 0 Å². The molecule has 0 saturated heterocycles. The first-order valence-corrected chi connectivity index (χ1v) is 6.65. The summed E-state index contributed by atoms with van der Waals surface area (Å²) in [5, 5.41) is 3.70. The second kappa shape index (κ2) is 8.11. The topological polar surface area (TPSA) is 64.8 Å². The highest BCUT2D eigenvalue weighted by Gasteiger charge is 2.07. The Bertz CT molecular complexity index is 501. The molecule has 0 atom stereocenters. The lowest BCUT2D eigenvalue weighted by Crippen LogP contribution is -3.00. The number of hydrogen-bond donors (Lipinski definition) is 0. The number of thioether (sulfide) groups is 1. The molecule has 6 nitrogen and oxygen atoms in total. The first kappa shape index (κ1) is 15.9. The summed E-state index contributed by atoms with van der Waals surface area (Å²) in [6.07, 6.45) is 8.39. The monoisotopic (exact) mass is 346 g/mol. The maximum Gasteiger partial charge on any atom is 0.243 e. The fourth-order valence-electron chi connectivity index (χ4n) is 1.48. The van der Waals surface area contributed by atoms with Gasteiger partial charge in [0.2, 0.25) is 12.2 Å². The van der Waals surface area contributed by atoms with Crippen molar-refractivity contribution >= 4 is 16.9 Å². The maximum atomic E-state index is 11.6. The summed E-state index contributed by atoms with van der Waals surface area (Å²) < 4.78 is 8.80. The van der Waals surface area contributed by atoms with Crippen LogP contribution in [0.3, 0.4) is 0 Å². The number of nitrogens with zero attached hydrogens (tertiary/aromatic N) is 4. The van der Waals surface area contributed by atoms with E-state index in [9.17, 15) is 4.79 Å². The molecule has 2 heterocycles. The molecule has 0 aliphatic heterocycles. The van der Waals surface area contributed by atoms with E-state index < -0.39 is 0 Å². The van der Waals surface area contributed by atoms with Gasteiger partial charge in [-0.1, -0.05) is 16.9 Å². The molecule has 0 bridgehead atoms. The first-order valence-electron chi connectivity index (χ1n) is 5.66. The van der Waals surface area contributed by atoms with E-state index in [2.05, 4.69) is 10.1 Å². The van der Waals surface area contributed by atoms with E-state index in [0.29, 0.717) is 31.0 Å². The Kier molecular flexibility index (Phi) is 6.79. The van der Waals surface area contributed by atoms with Gasteiger partial charge in [-0.2, -0.15) is 4.98 Å². The number of aryl methyl sites for hydroxylation is 3. The molecule has 19 heavy (non-hydrogen) atoms. The Balaban J connectivity index is 0.00000180. The van der Waals surface area contributed by atoms with Crippen LogP contribution in [0.15, 0.2) is 29.6 Å². The van der Waals surface area contributed by atoms with Gasteiger partial charge in [0.05, 0.1) is 20.0 Å². The van der Waals surface area contributed by atoms with Crippen molar-refractivity contribution in [2.75, 3.05) is 5.75 Å². The zero-order valence-corrected chi connectivity index (χ0v) is 12.9. The number of halogens is 1. The largest absolute Gasteiger partial charge is 1.00 e. The third kappa shape index (κ3) is 5.56. The van der Waals surface area contributed by atoms with Gasteiger partial charge in [0.1, 0.15) is 12.4 Å². The summed E-state index contributed by atoms with van der Waals surface area (Å²) in [7, 11) is 1.96. The van der Waals surface area contributed by atoms with Gasteiger partial charge in [-0.15, -0.1) is 0 Å². The number of rotatable bonds is 6. The predicted octanol–water partition coefficient (Wildman–Crippen LogP) is -2.41. The van der Waals surface area contributed by atoms with Crippen molar-refractivity contribution in [1.82, 2.24) is 14.7 Å². The molecule has 0 spiro atoms. The van der Waals surface area contributed by atoms with Crippen LogP contribution in [-0.4, -0.2) is 25.6 Å². The van der Waals surface area contributed by atoms with Crippen LogP contribution < -0.4 is 21.5 Å². The molecule has 0 aromatic carbocycles. The molecule has 0 unspecified atom stereocenters. The van der Waals surface area contributed by atoms with Crippen LogP contribution in [0.1, 0.15) is 12.3 Å². The van der Waals surface area contributed by atoms with Gasteiger partial charge in [0.25, 0.3) is 0 Å². The Labute approximate surface area is 126 Å². The predicted molar refractivity (Wildman–Crippen MR) is 65.7 cm³/mol. The van der Waals surface area contributed by atoms with Crippen LogP contribution in [-0.2, 0) is 24.8 Å². The number of carbonyl (C=O) groups excluding carboxylic acids is 1. The van der Waals surface area contributed by atoms with Crippen LogP contribution in [0.5, 0.6) is 0 Å². The third-order valence-electron chi connectivity index (χ3n) is 2.38. The van der Waals surface area contributed by atoms with Crippen LogP contribution in [0, 0.1) is 0 Å². The Morgan fingerprint density at radius 2 is 2.42 bits per heavy atom. The number of carbonyl (C=O) groups is 1. The van der Waals surface area contributed by atoms with E-state index in [1.54, 1.807) is 0 Å². The summed E-state index contributed by atoms with van der Waals surface area (Å²) in [5.74, 6) is 1.26. The molecule has 2 aromatic heterocycles. The molecule has 8 heteroatoms. The lowest BCUT2D eigenvalue weighted by atomic mass is 10.4. The van der Waals surface area contributed by atoms with Crippen molar-refractivity contribution in [2.45, 2.75) is 19.4 Å². The Morgan fingerprint density at radius 3 is 3.05 bits per heavy atom. The zero-order chi connectivity index (χ0) is 12.8. The van der Waals surface area contributed by atoms with Gasteiger partial charge in [0, 0.05) is 12.2 Å². The second-order valence-corrected chi connectivity index (χ2v) is 5.02. The lowest BCUT2D eigenvalue weighted by molar-refractivity contribution is -0.671. The molecule has 2 rings (SSSR count). The fourth-order valence-corrected chi connectivity index (χ4v) is 2.22. The minimum Gasteiger partial charge on any atom is -1.00 e. The van der Waals surface area contributed by atoms with E-state index in [1.807, 2.05) is 34.9 Å². The van der Waals surface area contributed by atoms with Crippen molar-refractivity contribution in [1.29, 1.82) is 0 Å². The van der Waals surface area contributed by atoms with Gasteiger partial charge in [-0.3, -0.25) is 4.79 Å². The van der Waals surface area contributed by atoms with Gasteiger partial charge < -0.3 is 21.5 Å². The van der Waals surface area contributed by atoms with Crippen LogP contribution in [0.2, 0.25) is 0 Å². The van der Waals surface area contributed by atoms with Gasteiger partial charge in [-0.25, -0.2) is 9.13 Å². The summed E-state index contributed by atoms with van der Waals surface area (Å²) in [6.45, 7) is 0.716. The minimum absolute atomic E-state index is 0. The van der Waals surface area contributed by atoms with E-state index in [1.165, 1.54) is 18.1 Å². The maximum absolute atomic E-state index is 11.6. The van der Waals surface area contributed by atoms with Crippen molar-refractivity contribution in [3.63, 3.8) is 0 Å². The van der Waals surface area contributed by atoms with E-state index in [4.69, 9.17) is 4.52 Å². The molecule has 0 aliphatic rings. The average Bonchev–Trinajstić information content (AvgIpc) is 2.98. The summed E-state index contributed by atoms with van der Waals surface area (Å²) >= 11 is 1.31. The lowest BCUT2D eigenvalue weighted by Gasteiger charge is -1.97. The molecule has 104 valence electrons. The molecule has 0 amide bonds. The van der Waals surface area contributed by atoms with Gasteiger partial charge in [-0.05, 0) is 0 Å². The van der Waals surface area contributed by atoms with E-state index >= 15 is 0 Å². The molecule has 0 saturated carbocycles. The van der Waals surface area contributed by atoms with Crippen molar-refractivity contribution in [3.05, 3.63) is 30.9 Å². The zero-order valence-electron chi connectivity index (χ0n) is 10.5. The van der Waals surface area contributed by atoms with Crippen LogP contribution in [0.25, 0.3) is 0 Å². The molecule has 0 radical (unpaired) electrons. The highest BCUT2D eigenvalue weighted by atomic mass is 79.9. The second-order valence-electron chi connectivity index (χ2n) is 3.87. The molecule has 0 fully saturated rings. The van der Waals surface area contributed by atoms with Gasteiger partial charge in [0.15, 0.2) is 11.4 Å². The number of aromatic nitrogens is 4. The molecular formula is C11H15BrN4O2S. The van der Waals surface area contributed by atoms with Crippen molar-refractivity contribution in [3.8, 4) is 0 Å². The molecule has 0 N–H and O–H groups in total. The minimum atomic E-state index is 0. The summed E-state index contributed by atoms with van der Waals surface area (Å²) in [5.41, 5.74) is 0. The Hall–Kier alpha value is -1.15. The van der Waals surface area contributed by atoms with Crippen molar-refractivity contribution < 1.29 is 30.9 Å². The molecule has 0 aliphatic carbocycles. The number of hydrogen-bond acceptors (Lipinski definition) is 5. The molecule has 2 aromatic rings. The fraction of sp³-hybridized carbons (Fsp3) is 0.455. The van der Waals surface area contributed by atoms with E-state index in [-0.39, 0.29) is 22.1 Å². The normalized spacial score (nSPS) is 10.2. The quantitative estimate of drug-likeness (QED) is 0.545. The highest BCUT2D eigenvalue weighted by Crippen LogP contribution is 2.09. The summed E-state index contributed by atoms with van der Waals surface area (Å²) in [6, 6.07) is 0. The Morgan fingerprint density at radius 1 is 1.58 bits per heavy atom. The highest BCUT2D eigenvalue weighted by molar-refractivity contribution is 8.13. The smallest absolute Gasteiger partial charge is 0.243 e. The molecular weight excluding hydrogens is 332 g/mol. The third-order valence-corrected chi connectivity index (χ3v) is 3.32. The SMILES string of the molecule is C[n+]1ccn(CCC(=O)SCCc2ncno2)c1.[Br-]. The standard InChI is InChI=1S/C11H15N4O2S.BrH/c1-14-5-6-15(9-14)4-2-11(16)18-7-3-10-12-8-13-17-10;/h5-6,8-9H,2-4,7H2,1H3;1H/q+1;/p-1.